The second-order valence-electron chi connectivity index (χ2n) is 26.8. The van der Waals surface area contributed by atoms with Crippen LogP contribution in [0.2, 0.25) is 5.02 Å². The molecule has 4 N–H and O–H groups in total. The summed E-state index contributed by atoms with van der Waals surface area (Å²) >= 11 is 6.27. The Labute approximate surface area is 482 Å². The summed E-state index contributed by atoms with van der Waals surface area (Å²) in [6.07, 6.45) is 16.0. The van der Waals surface area contributed by atoms with Crippen molar-refractivity contribution in [3.05, 3.63) is 34.3 Å². The van der Waals surface area contributed by atoms with Crippen LogP contribution in [0, 0.1) is 23.7 Å². The van der Waals surface area contributed by atoms with Gasteiger partial charge in [0.15, 0.2) is 0 Å². The van der Waals surface area contributed by atoms with Crippen molar-refractivity contribution in [1.29, 1.82) is 0 Å². The number of rotatable bonds is 10. The molecule has 1 spiro atoms. The molecule has 2 aliphatic carbocycles. The van der Waals surface area contributed by atoms with Gasteiger partial charge in [-0.25, -0.2) is 0 Å². The Kier molecular flexibility index (Phi) is 30.0. The van der Waals surface area contributed by atoms with Gasteiger partial charge in [0.2, 0.25) is 0 Å². The van der Waals surface area contributed by atoms with Gasteiger partial charge in [0.1, 0.15) is 0 Å². The van der Waals surface area contributed by atoms with Crippen LogP contribution in [0.3, 0.4) is 0 Å². The van der Waals surface area contributed by atoms with Crippen molar-refractivity contribution < 1.29 is 13.2 Å². The summed E-state index contributed by atoms with van der Waals surface area (Å²) in [4.78, 5) is 18.4. The number of hydrogen-bond acceptors (Lipinski definition) is 11. The number of benzene rings is 1. The molecular formula is C63H119ClF3N11. The van der Waals surface area contributed by atoms with Gasteiger partial charge in [0.05, 0.1) is 10.6 Å². The van der Waals surface area contributed by atoms with Gasteiger partial charge in [-0.15, -0.1) is 0 Å². The monoisotopic (exact) mass is 1120 g/mol. The number of aryl methyl sites for hydroxylation is 1. The van der Waals surface area contributed by atoms with E-state index in [0.717, 1.165) is 135 Å². The molecule has 11 nitrogen and oxygen atoms in total. The highest BCUT2D eigenvalue weighted by Crippen LogP contribution is 2.36. The molecule has 78 heavy (non-hydrogen) atoms. The topological polar surface area (TPSA) is 70.8 Å². The lowest BCUT2D eigenvalue weighted by molar-refractivity contribution is -0.137. The smallest absolute Gasteiger partial charge is 0.315 e. The number of nitrogens with zero attached hydrogens (tertiary/aromatic N) is 7. The van der Waals surface area contributed by atoms with Crippen molar-refractivity contribution in [2.45, 2.75) is 199 Å². The molecule has 2 aliphatic heterocycles. The summed E-state index contributed by atoms with van der Waals surface area (Å²) < 4.78 is 41.1. The first-order chi connectivity index (χ1) is 37.1. The van der Waals surface area contributed by atoms with Crippen LogP contribution < -0.4 is 21.3 Å². The van der Waals surface area contributed by atoms with Crippen molar-refractivity contribution in [3.63, 3.8) is 0 Å². The van der Waals surface area contributed by atoms with E-state index in [1.165, 1.54) is 89.9 Å². The van der Waals surface area contributed by atoms with Gasteiger partial charge >= 0.3 is 6.18 Å². The van der Waals surface area contributed by atoms with Crippen LogP contribution in [0.4, 0.5) is 13.2 Å². The van der Waals surface area contributed by atoms with Gasteiger partial charge in [0.25, 0.3) is 0 Å². The van der Waals surface area contributed by atoms with E-state index in [2.05, 4.69) is 139 Å². The zero-order valence-corrected chi connectivity index (χ0v) is 52.7. The molecule has 0 aromatic heterocycles. The maximum atomic E-state index is 13.7. The predicted octanol–water partition coefficient (Wildman–Crippen LogP) is 9.98. The molecule has 7 atom stereocenters. The third kappa shape index (κ3) is 23.5. The largest absolute Gasteiger partial charge is 0.417 e. The number of likely N-dealkylation sites (N-methyl/N-ethyl adjacent to an activating group) is 6. The van der Waals surface area contributed by atoms with Gasteiger partial charge in [-0.2, -0.15) is 13.2 Å². The second kappa shape index (κ2) is 34.6. The van der Waals surface area contributed by atoms with Crippen LogP contribution >= 0.6 is 11.6 Å². The Balaban J connectivity index is 1.34. The average molecular weight is 1120 g/mol. The first-order valence-electron chi connectivity index (χ1n) is 31.8. The molecule has 0 bridgehead atoms. The Morgan fingerprint density at radius 3 is 2.05 bits per heavy atom. The molecule has 0 amide bonds. The zero-order chi connectivity index (χ0) is 56.8. The molecule has 0 unspecified atom stereocenters. The van der Waals surface area contributed by atoms with Crippen LogP contribution in [0.25, 0.3) is 0 Å². The third-order valence-electron chi connectivity index (χ3n) is 19.4. The van der Waals surface area contributed by atoms with E-state index >= 15 is 0 Å². The van der Waals surface area contributed by atoms with E-state index < -0.39 is 11.7 Å². The van der Waals surface area contributed by atoms with Crippen molar-refractivity contribution in [2.24, 2.45) is 23.7 Å². The van der Waals surface area contributed by atoms with E-state index in [1.807, 2.05) is 0 Å². The van der Waals surface area contributed by atoms with Crippen molar-refractivity contribution >= 4 is 11.6 Å². The van der Waals surface area contributed by atoms with Gasteiger partial charge in [-0.05, 0) is 161 Å². The SMILES string of the molecule is CC[C@H](C)[C@H]1CN(C)CCN(C)CCN(C)[C@@H](CC2CCCCC2)CN(C)CCN[C@@H](CCc2ccc(C(F)(F)F)c(Cl)c2)CN2CCC[C@H]2CNC2(CCCC2)CN(C)[C@@H](C(C)C)CNCCCN(C)[C@@H](CC(C)C)CN1. The number of hydrogen-bond donors (Lipinski definition) is 4. The standard InChI is InChI=1S/C63H119ClF3N11/c1-13-51(6)60-47-74(9)36-35-72(7)37-38-76(11)57(40-52-21-15-14-16-22-52)46-73(8)34-31-69-54(26-24-53-25-27-58(59(64)41-53)63(65,66)67)45-78-33-19-23-55(78)43-71-62(28-17-18-29-62)48-77(12)61(50(4)5)44-68-30-20-32-75(10)56(42-70-60)39-49(2)3/h25,27,41,49-52,54-57,60-61,68-71H,13-24,26,28-40,42-48H2,1-12H3/t51-,54-,55-,56-,57-,60+,61+/m0/s1. The summed E-state index contributed by atoms with van der Waals surface area (Å²) in [6.45, 7) is 30.7. The van der Waals surface area contributed by atoms with Crippen molar-refractivity contribution in [2.75, 3.05) is 147 Å². The van der Waals surface area contributed by atoms with Crippen LogP contribution in [-0.2, 0) is 12.6 Å². The van der Waals surface area contributed by atoms with E-state index in [9.17, 15) is 13.2 Å². The van der Waals surface area contributed by atoms with E-state index in [1.54, 1.807) is 12.1 Å². The molecule has 0 radical (unpaired) electrons. The Hall–Kier alpha value is -1.14. The van der Waals surface area contributed by atoms with Crippen LogP contribution in [-0.4, -0.2) is 223 Å². The molecule has 4 aliphatic rings. The van der Waals surface area contributed by atoms with E-state index in [-0.39, 0.29) is 16.6 Å². The fourth-order valence-electron chi connectivity index (χ4n) is 13.8. The first kappa shape index (κ1) is 67.6. The Morgan fingerprint density at radius 2 is 1.37 bits per heavy atom. The maximum absolute atomic E-state index is 13.7. The average Bonchev–Trinajstić information content (AvgIpc) is 4.06. The maximum Gasteiger partial charge on any atom is 0.417 e. The highest BCUT2D eigenvalue weighted by atomic mass is 35.5. The molecule has 2 saturated carbocycles. The van der Waals surface area contributed by atoms with Crippen LogP contribution in [0.15, 0.2) is 18.2 Å². The molecule has 4 fully saturated rings. The lowest BCUT2D eigenvalue weighted by atomic mass is 9.84. The summed E-state index contributed by atoms with van der Waals surface area (Å²) in [5.41, 5.74) is 0.216. The van der Waals surface area contributed by atoms with Crippen LogP contribution in [0.5, 0.6) is 0 Å². The minimum absolute atomic E-state index is 0.113. The molecule has 15 heteroatoms. The number of alkyl halides is 3. The predicted molar refractivity (Wildman–Crippen MR) is 326 cm³/mol. The fourth-order valence-corrected chi connectivity index (χ4v) is 14.1. The molecule has 1 aromatic rings. The van der Waals surface area contributed by atoms with Gasteiger partial charge in [0, 0.05) is 127 Å². The first-order valence-corrected chi connectivity index (χ1v) is 32.2. The van der Waals surface area contributed by atoms with E-state index in [0.29, 0.717) is 54.4 Å². The molecule has 454 valence electrons. The minimum atomic E-state index is -4.46. The number of nitrogens with one attached hydrogen (secondary N) is 4. The van der Waals surface area contributed by atoms with E-state index in [4.69, 9.17) is 11.6 Å². The van der Waals surface area contributed by atoms with Gasteiger partial charge in [-0.1, -0.05) is 111 Å². The molecule has 5 rings (SSSR count). The highest BCUT2D eigenvalue weighted by Gasteiger charge is 2.39. The normalized spacial score (nSPS) is 29.3. The number of halogens is 4. The molecule has 1 aromatic carbocycles. The molecule has 2 saturated heterocycles. The van der Waals surface area contributed by atoms with Gasteiger partial charge in [-0.3, -0.25) is 4.90 Å². The Morgan fingerprint density at radius 1 is 0.679 bits per heavy atom. The zero-order valence-electron chi connectivity index (χ0n) is 52.0. The summed E-state index contributed by atoms with van der Waals surface area (Å²) in [5.74, 6) is 2.59. The molecule has 2 heterocycles. The quantitative estimate of drug-likeness (QED) is 0.181. The Bertz CT molecular complexity index is 1760. The number of fused-ring (bicyclic) bond motifs is 1. The second-order valence-corrected chi connectivity index (χ2v) is 27.2. The summed E-state index contributed by atoms with van der Waals surface area (Å²) in [6, 6.07) is 6.90. The van der Waals surface area contributed by atoms with Gasteiger partial charge < -0.3 is 50.7 Å². The van der Waals surface area contributed by atoms with Crippen molar-refractivity contribution in [1.82, 2.24) is 55.6 Å². The molecular weight excluding hydrogens is 1000 g/mol. The summed E-state index contributed by atoms with van der Waals surface area (Å²) in [5, 5.41) is 16.2. The summed E-state index contributed by atoms with van der Waals surface area (Å²) in [7, 11) is 14.1. The minimum Gasteiger partial charge on any atom is -0.315 e. The fraction of sp³-hybridized carbons (Fsp3) is 0.905. The lowest BCUT2D eigenvalue weighted by Crippen LogP contribution is -2.57. The lowest BCUT2D eigenvalue weighted by Gasteiger charge is -2.41. The van der Waals surface area contributed by atoms with Crippen LogP contribution in [0.1, 0.15) is 155 Å². The third-order valence-corrected chi connectivity index (χ3v) is 19.7. The van der Waals surface area contributed by atoms with Crippen molar-refractivity contribution in [3.8, 4) is 0 Å². The highest BCUT2D eigenvalue weighted by molar-refractivity contribution is 6.31.